The van der Waals surface area contributed by atoms with Gasteiger partial charge in [0, 0.05) is 31.5 Å². The van der Waals surface area contributed by atoms with Crippen molar-refractivity contribution < 1.29 is 4.92 Å². The fraction of sp³-hybridized carbons (Fsp3) is 0.250. The van der Waals surface area contributed by atoms with Crippen LogP contribution in [-0.2, 0) is 6.54 Å². The van der Waals surface area contributed by atoms with Crippen molar-refractivity contribution in [1.82, 2.24) is 9.55 Å². The number of nitro groups is 1. The lowest BCUT2D eigenvalue weighted by Gasteiger charge is -2.09. The molecular weight excluding hydrogens is 268 g/mol. The largest absolute Gasteiger partial charge is 0.378 e. The molecule has 2 aromatic rings. The number of nitro benzene ring substituents is 1. The number of hydrogen-bond donors (Lipinski definition) is 1. The van der Waals surface area contributed by atoms with Crippen LogP contribution in [0.15, 0.2) is 36.9 Å². The van der Waals surface area contributed by atoms with Crippen LogP contribution in [0.2, 0.25) is 5.02 Å². The van der Waals surface area contributed by atoms with Gasteiger partial charge in [-0.25, -0.2) is 4.98 Å². The zero-order chi connectivity index (χ0) is 13.7. The molecule has 0 aliphatic rings. The van der Waals surface area contributed by atoms with E-state index >= 15 is 0 Å². The molecule has 1 heterocycles. The molecule has 1 aromatic heterocycles. The zero-order valence-corrected chi connectivity index (χ0v) is 10.9. The molecule has 0 unspecified atom stereocenters. The predicted molar refractivity (Wildman–Crippen MR) is 73.4 cm³/mol. The van der Waals surface area contributed by atoms with E-state index in [1.807, 2.05) is 10.8 Å². The maximum absolute atomic E-state index is 10.9. The van der Waals surface area contributed by atoms with Crippen LogP contribution >= 0.6 is 11.6 Å². The second-order valence-corrected chi connectivity index (χ2v) is 4.38. The summed E-state index contributed by atoms with van der Waals surface area (Å²) in [5.41, 5.74) is 0.370. The third-order valence-electron chi connectivity index (χ3n) is 2.64. The van der Waals surface area contributed by atoms with Gasteiger partial charge in [-0.3, -0.25) is 10.1 Å². The molecule has 100 valence electrons. The number of hydrogen-bond acceptors (Lipinski definition) is 4. The fourth-order valence-electron chi connectivity index (χ4n) is 1.73. The number of para-hydroxylation sites is 1. The van der Waals surface area contributed by atoms with Crippen LogP contribution < -0.4 is 5.32 Å². The van der Waals surface area contributed by atoms with Gasteiger partial charge in [0.1, 0.15) is 5.69 Å². The minimum Gasteiger partial charge on any atom is -0.378 e. The molecule has 6 nitrogen and oxygen atoms in total. The van der Waals surface area contributed by atoms with Crippen LogP contribution in [0.4, 0.5) is 11.4 Å². The summed E-state index contributed by atoms with van der Waals surface area (Å²) >= 11 is 5.97. The van der Waals surface area contributed by atoms with Crippen LogP contribution in [0.5, 0.6) is 0 Å². The maximum Gasteiger partial charge on any atom is 0.293 e. The van der Waals surface area contributed by atoms with Gasteiger partial charge < -0.3 is 9.88 Å². The normalized spacial score (nSPS) is 10.4. The first kappa shape index (κ1) is 13.4. The summed E-state index contributed by atoms with van der Waals surface area (Å²) in [6.45, 7) is 1.40. The Morgan fingerprint density at radius 2 is 2.32 bits per heavy atom. The molecular formula is C12H13ClN4O2. The maximum atomic E-state index is 10.9. The van der Waals surface area contributed by atoms with E-state index in [-0.39, 0.29) is 5.69 Å². The van der Waals surface area contributed by atoms with Gasteiger partial charge >= 0.3 is 0 Å². The summed E-state index contributed by atoms with van der Waals surface area (Å²) in [7, 11) is 0. The van der Waals surface area contributed by atoms with E-state index in [1.165, 1.54) is 6.07 Å². The first-order valence-electron chi connectivity index (χ1n) is 5.81. The minimum atomic E-state index is -0.440. The molecule has 0 radical (unpaired) electrons. The number of rotatable bonds is 6. The van der Waals surface area contributed by atoms with Crippen LogP contribution in [0.25, 0.3) is 0 Å². The molecule has 0 bridgehead atoms. The summed E-state index contributed by atoms with van der Waals surface area (Å²) in [5.74, 6) is 0. The molecule has 0 atom stereocenters. The van der Waals surface area contributed by atoms with E-state index in [1.54, 1.807) is 24.7 Å². The van der Waals surface area contributed by atoms with E-state index in [0.717, 1.165) is 13.0 Å². The average Bonchev–Trinajstić information content (AvgIpc) is 2.88. The molecule has 1 aromatic carbocycles. The molecule has 0 saturated carbocycles. The third kappa shape index (κ3) is 3.45. The fourth-order valence-corrected chi connectivity index (χ4v) is 1.97. The number of aromatic nitrogens is 2. The van der Waals surface area contributed by atoms with Gasteiger partial charge in [0.25, 0.3) is 5.69 Å². The third-order valence-corrected chi connectivity index (χ3v) is 2.96. The first-order valence-corrected chi connectivity index (χ1v) is 6.19. The number of anilines is 1. The number of benzene rings is 1. The minimum absolute atomic E-state index is 0.00451. The number of nitrogens with zero attached hydrogens (tertiary/aromatic N) is 3. The van der Waals surface area contributed by atoms with Gasteiger partial charge in [-0.2, -0.15) is 0 Å². The lowest BCUT2D eigenvalue weighted by atomic mass is 10.2. The van der Waals surface area contributed by atoms with Crippen molar-refractivity contribution >= 4 is 23.0 Å². The van der Waals surface area contributed by atoms with E-state index in [0.29, 0.717) is 17.3 Å². The van der Waals surface area contributed by atoms with Crippen LogP contribution in [0.3, 0.4) is 0 Å². The Balaban J connectivity index is 1.93. The Morgan fingerprint density at radius 3 is 3.00 bits per heavy atom. The molecule has 0 amide bonds. The first-order chi connectivity index (χ1) is 9.18. The number of nitrogens with one attached hydrogen (secondary N) is 1. The Labute approximate surface area is 115 Å². The molecule has 0 spiro atoms. The molecule has 7 heteroatoms. The lowest BCUT2D eigenvalue weighted by Crippen LogP contribution is -2.07. The second-order valence-electron chi connectivity index (χ2n) is 3.97. The van der Waals surface area contributed by atoms with Crippen molar-refractivity contribution in [2.75, 3.05) is 11.9 Å². The van der Waals surface area contributed by atoms with E-state index in [2.05, 4.69) is 10.3 Å². The van der Waals surface area contributed by atoms with Gasteiger partial charge in [0.15, 0.2) is 0 Å². The van der Waals surface area contributed by atoms with Crippen LogP contribution in [-0.4, -0.2) is 21.0 Å². The number of aryl methyl sites for hydroxylation is 1. The predicted octanol–water partition coefficient (Wildman–Crippen LogP) is 2.95. The SMILES string of the molecule is O=[N+]([O-])c1cccc(Cl)c1NCCCn1ccnc1. The molecule has 0 saturated heterocycles. The summed E-state index contributed by atoms with van der Waals surface area (Å²) in [5, 5.41) is 14.3. The van der Waals surface area contributed by atoms with Crippen molar-refractivity contribution in [1.29, 1.82) is 0 Å². The molecule has 0 aliphatic heterocycles. The highest BCUT2D eigenvalue weighted by Crippen LogP contribution is 2.31. The van der Waals surface area contributed by atoms with E-state index in [9.17, 15) is 10.1 Å². The average molecular weight is 281 g/mol. The van der Waals surface area contributed by atoms with E-state index in [4.69, 9.17) is 11.6 Å². The summed E-state index contributed by atoms with van der Waals surface area (Å²) in [6.07, 6.45) is 6.14. The quantitative estimate of drug-likeness (QED) is 0.501. The molecule has 19 heavy (non-hydrogen) atoms. The van der Waals surface area contributed by atoms with Crippen molar-refractivity contribution in [3.05, 3.63) is 52.1 Å². The zero-order valence-electron chi connectivity index (χ0n) is 10.1. The smallest absolute Gasteiger partial charge is 0.293 e. The van der Waals surface area contributed by atoms with Gasteiger partial charge in [0.2, 0.25) is 0 Å². The van der Waals surface area contributed by atoms with Crippen molar-refractivity contribution in [3.63, 3.8) is 0 Å². The van der Waals surface area contributed by atoms with Crippen molar-refractivity contribution in [3.8, 4) is 0 Å². The standard InChI is InChI=1S/C12H13ClN4O2/c13-10-3-1-4-11(17(18)19)12(10)15-5-2-7-16-8-6-14-9-16/h1,3-4,6,8-9,15H,2,5,7H2. The highest BCUT2D eigenvalue weighted by molar-refractivity contribution is 6.33. The van der Waals surface area contributed by atoms with Gasteiger partial charge in [-0.1, -0.05) is 17.7 Å². The van der Waals surface area contributed by atoms with Crippen LogP contribution in [0, 0.1) is 10.1 Å². The Bertz CT molecular complexity index is 557. The van der Waals surface area contributed by atoms with Gasteiger partial charge in [0.05, 0.1) is 16.3 Å². The summed E-state index contributed by atoms with van der Waals surface area (Å²) < 4.78 is 1.95. The number of halogens is 1. The molecule has 2 rings (SSSR count). The highest BCUT2D eigenvalue weighted by atomic mass is 35.5. The van der Waals surface area contributed by atoms with Gasteiger partial charge in [-0.05, 0) is 12.5 Å². The van der Waals surface area contributed by atoms with E-state index < -0.39 is 4.92 Å². The molecule has 1 N–H and O–H groups in total. The topological polar surface area (TPSA) is 73.0 Å². The Hall–Kier alpha value is -2.08. The van der Waals surface area contributed by atoms with Crippen molar-refractivity contribution in [2.24, 2.45) is 0 Å². The van der Waals surface area contributed by atoms with Crippen LogP contribution in [0.1, 0.15) is 6.42 Å². The lowest BCUT2D eigenvalue weighted by molar-refractivity contribution is -0.383. The second kappa shape index (κ2) is 6.19. The Morgan fingerprint density at radius 1 is 1.47 bits per heavy atom. The summed E-state index contributed by atoms with van der Waals surface area (Å²) in [4.78, 5) is 14.4. The van der Waals surface area contributed by atoms with Gasteiger partial charge in [-0.15, -0.1) is 0 Å². The summed E-state index contributed by atoms with van der Waals surface area (Å²) in [6, 6.07) is 4.63. The number of imidazole rings is 1. The molecule has 0 aliphatic carbocycles. The monoisotopic (exact) mass is 280 g/mol. The van der Waals surface area contributed by atoms with Crippen molar-refractivity contribution in [2.45, 2.75) is 13.0 Å². The highest BCUT2D eigenvalue weighted by Gasteiger charge is 2.15. The molecule has 0 fully saturated rings. The Kier molecular flexibility index (Phi) is 4.35.